The summed E-state index contributed by atoms with van der Waals surface area (Å²) in [6.45, 7) is 7.19. The quantitative estimate of drug-likeness (QED) is 0.520. The van der Waals surface area contributed by atoms with Crippen molar-refractivity contribution in [3.8, 4) is 0 Å². The Labute approximate surface area is 91.4 Å². The number of hydrogen-bond donors (Lipinski definition) is 0. The Morgan fingerprint density at radius 1 is 1.33 bits per heavy atom. The number of carbonyl (C=O) groups excluding carboxylic acids is 1. The maximum absolute atomic E-state index is 11.4. The highest BCUT2D eigenvalue weighted by molar-refractivity contribution is 5.82. The molecule has 0 N–H and O–H groups in total. The van der Waals surface area contributed by atoms with Gasteiger partial charge < -0.3 is 9.47 Å². The van der Waals surface area contributed by atoms with E-state index in [0.29, 0.717) is 5.92 Å². The van der Waals surface area contributed by atoms with Crippen molar-refractivity contribution in [2.45, 2.75) is 39.2 Å². The van der Waals surface area contributed by atoms with Gasteiger partial charge in [-0.3, -0.25) is 0 Å². The Morgan fingerprint density at radius 2 is 1.93 bits per heavy atom. The molecule has 0 unspecified atom stereocenters. The highest BCUT2D eigenvalue weighted by atomic mass is 16.6. The molecule has 1 heterocycles. The average molecular weight is 212 g/mol. The lowest BCUT2D eigenvalue weighted by Crippen LogP contribution is -2.22. The molecule has 0 aliphatic carbocycles. The zero-order chi connectivity index (χ0) is 11.3. The summed E-state index contributed by atoms with van der Waals surface area (Å²) in [5.74, 6) is 0.209. The fourth-order valence-electron chi connectivity index (χ4n) is 1.46. The van der Waals surface area contributed by atoms with Crippen molar-refractivity contribution in [2.24, 2.45) is 5.92 Å². The molecule has 0 saturated carbocycles. The minimum absolute atomic E-state index is 0.256. The molecule has 3 nitrogen and oxygen atoms in total. The molecule has 1 aliphatic rings. The van der Waals surface area contributed by atoms with Crippen molar-refractivity contribution in [2.75, 3.05) is 13.2 Å². The van der Waals surface area contributed by atoms with Crippen LogP contribution in [0.5, 0.6) is 0 Å². The maximum Gasteiger partial charge on any atom is 0.330 e. The molecular formula is C12H20O3. The van der Waals surface area contributed by atoms with Gasteiger partial charge in [-0.25, -0.2) is 4.79 Å². The summed E-state index contributed by atoms with van der Waals surface area (Å²) in [5, 5.41) is 0. The predicted octanol–water partition coefficient (Wildman–Crippen LogP) is 2.31. The van der Waals surface area contributed by atoms with E-state index in [9.17, 15) is 4.79 Å². The molecule has 0 radical (unpaired) electrons. The zero-order valence-corrected chi connectivity index (χ0v) is 9.79. The summed E-state index contributed by atoms with van der Waals surface area (Å²) >= 11 is 0. The molecule has 0 spiro atoms. The van der Waals surface area contributed by atoms with E-state index in [2.05, 4.69) is 0 Å². The number of ether oxygens (including phenoxy) is 2. The summed E-state index contributed by atoms with van der Waals surface area (Å²) in [4.78, 5) is 11.4. The first-order chi connectivity index (χ1) is 6.97. The second-order valence-electron chi connectivity index (χ2n) is 4.84. The van der Waals surface area contributed by atoms with Crippen LogP contribution in [0.4, 0.5) is 0 Å². The van der Waals surface area contributed by atoms with Crippen molar-refractivity contribution >= 4 is 5.97 Å². The molecule has 1 fully saturated rings. The monoisotopic (exact) mass is 212 g/mol. The first-order valence-electron chi connectivity index (χ1n) is 5.46. The van der Waals surface area contributed by atoms with Gasteiger partial charge in [-0.15, -0.1) is 0 Å². The molecular weight excluding hydrogens is 192 g/mol. The smallest absolute Gasteiger partial charge is 0.330 e. The molecule has 86 valence electrons. The van der Waals surface area contributed by atoms with E-state index >= 15 is 0 Å². The van der Waals surface area contributed by atoms with Crippen LogP contribution in [0.2, 0.25) is 0 Å². The van der Waals surface area contributed by atoms with Gasteiger partial charge in [0, 0.05) is 19.3 Å². The molecule has 0 aromatic rings. The minimum atomic E-state index is -0.406. The predicted molar refractivity (Wildman–Crippen MR) is 58.5 cm³/mol. The molecule has 0 amide bonds. The van der Waals surface area contributed by atoms with Crippen LogP contribution in [0, 0.1) is 5.92 Å². The number of hydrogen-bond acceptors (Lipinski definition) is 3. The van der Waals surface area contributed by atoms with Crippen molar-refractivity contribution in [1.29, 1.82) is 0 Å². The van der Waals surface area contributed by atoms with E-state index in [1.165, 1.54) is 0 Å². The van der Waals surface area contributed by atoms with Crippen LogP contribution in [-0.2, 0) is 14.3 Å². The van der Waals surface area contributed by atoms with Gasteiger partial charge in [0.05, 0.1) is 0 Å². The summed E-state index contributed by atoms with van der Waals surface area (Å²) in [5.41, 5.74) is -0.406. The van der Waals surface area contributed by atoms with E-state index in [1.54, 1.807) is 6.08 Å². The van der Waals surface area contributed by atoms with E-state index in [-0.39, 0.29) is 5.97 Å². The van der Waals surface area contributed by atoms with Gasteiger partial charge in [0.15, 0.2) is 0 Å². The Hall–Kier alpha value is -0.830. The third-order valence-corrected chi connectivity index (χ3v) is 2.18. The lowest BCUT2D eigenvalue weighted by Gasteiger charge is -2.20. The molecule has 3 heteroatoms. The summed E-state index contributed by atoms with van der Waals surface area (Å²) < 4.78 is 10.4. The van der Waals surface area contributed by atoms with Gasteiger partial charge >= 0.3 is 5.97 Å². The lowest BCUT2D eigenvalue weighted by molar-refractivity contribution is -0.148. The fraction of sp³-hybridized carbons (Fsp3) is 0.750. The Bertz CT molecular complexity index is 232. The third kappa shape index (κ3) is 5.57. The lowest BCUT2D eigenvalue weighted by atomic mass is 10.00. The second kappa shape index (κ2) is 5.31. The van der Waals surface area contributed by atoms with E-state index in [1.807, 2.05) is 26.8 Å². The van der Waals surface area contributed by atoms with Crippen molar-refractivity contribution < 1.29 is 14.3 Å². The summed E-state index contributed by atoms with van der Waals surface area (Å²) in [6.07, 6.45) is 5.48. The molecule has 0 atom stereocenters. The second-order valence-corrected chi connectivity index (χ2v) is 4.84. The van der Waals surface area contributed by atoms with Gasteiger partial charge in [0.2, 0.25) is 0 Å². The van der Waals surface area contributed by atoms with Gasteiger partial charge in [0.1, 0.15) is 5.60 Å². The number of carbonyl (C=O) groups is 1. The van der Waals surface area contributed by atoms with E-state index < -0.39 is 5.60 Å². The van der Waals surface area contributed by atoms with Crippen LogP contribution in [0.3, 0.4) is 0 Å². The largest absolute Gasteiger partial charge is 0.457 e. The molecule has 0 aromatic carbocycles. The van der Waals surface area contributed by atoms with Gasteiger partial charge in [-0.05, 0) is 39.5 Å². The Morgan fingerprint density at radius 3 is 2.47 bits per heavy atom. The molecule has 0 bridgehead atoms. The third-order valence-electron chi connectivity index (χ3n) is 2.18. The first-order valence-corrected chi connectivity index (χ1v) is 5.46. The SMILES string of the molecule is CC(C)(C)OC(=O)/C=C/C1CCOCC1. The highest BCUT2D eigenvalue weighted by Crippen LogP contribution is 2.16. The molecule has 1 rings (SSSR count). The Kier molecular flexibility index (Phi) is 4.33. The molecule has 1 aliphatic heterocycles. The summed E-state index contributed by atoms with van der Waals surface area (Å²) in [7, 11) is 0. The first kappa shape index (κ1) is 12.2. The number of rotatable bonds is 2. The number of esters is 1. The topological polar surface area (TPSA) is 35.5 Å². The van der Waals surface area contributed by atoms with Gasteiger partial charge in [0.25, 0.3) is 0 Å². The normalized spacial score (nSPS) is 19.4. The fourth-order valence-corrected chi connectivity index (χ4v) is 1.46. The summed E-state index contributed by atoms with van der Waals surface area (Å²) in [6, 6.07) is 0. The van der Waals surface area contributed by atoms with E-state index in [0.717, 1.165) is 26.1 Å². The van der Waals surface area contributed by atoms with Crippen LogP contribution in [-0.4, -0.2) is 24.8 Å². The molecule has 15 heavy (non-hydrogen) atoms. The van der Waals surface area contributed by atoms with Gasteiger partial charge in [-0.1, -0.05) is 6.08 Å². The van der Waals surface area contributed by atoms with Crippen LogP contribution in [0.1, 0.15) is 33.6 Å². The van der Waals surface area contributed by atoms with Crippen molar-refractivity contribution in [3.05, 3.63) is 12.2 Å². The number of allylic oxidation sites excluding steroid dienone is 1. The van der Waals surface area contributed by atoms with Crippen LogP contribution in [0.15, 0.2) is 12.2 Å². The van der Waals surface area contributed by atoms with Crippen molar-refractivity contribution in [3.63, 3.8) is 0 Å². The Balaban J connectivity index is 2.33. The van der Waals surface area contributed by atoms with Crippen LogP contribution >= 0.6 is 0 Å². The molecule has 1 saturated heterocycles. The standard InChI is InChI=1S/C12H20O3/c1-12(2,3)15-11(13)5-4-10-6-8-14-9-7-10/h4-5,10H,6-9H2,1-3H3/b5-4+. The minimum Gasteiger partial charge on any atom is -0.457 e. The van der Waals surface area contributed by atoms with Crippen LogP contribution < -0.4 is 0 Å². The maximum atomic E-state index is 11.4. The van der Waals surface area contributed by atoms with Gasteiger partial charge in [-0.2, -0.15) is 0 Å². The van der Waals surface area contributed by atoms with Crippen LogP contribution in [0.25, 0.3) is 0 Å². The zero-order valence-electron chi connectivity index (χ0n) is 9.79. The van der Waals surface area contributed by atoms with E-state index in [4.69, 9.17) is 9.47 Å². The van der Waals surface area contributed by atoms with Crippen molar-refractivity contribution in [1.82, 2.24) is 0 Å². The highest BCUT2D eigenvalue weighted by Gasteiger charge is 2.15. The molecule has 0 aromatic heterocycles. The average Bonchev–Trinajstić information content (AvgIpc) is 2.14.